The summed E-state index contributed by atoms with van der Waals surface area (Å²) in [5, 5.41) is 7.52. The molecule has 5 nitrogen and oxygen atoms in total. The van der Waals surface area contributed by atoms with E-state index in [2.05, 4.69) is 29.7 Å². The van der Waals surface area contributed by atoms with Crippen LogP contribution in [0.3, 0.4) is 0 Å². The maximum absolute atomic E-state index is 12.3. The Labute approximate surface area is 168 Å². The number of hydrazone groups is 1. The highest BCUT2D eigenvalue weighted by atomic mass is 35.5. The van der Waals surface area contributed by atoms with Crippen LogP contribution in [0.25, 0.3) is 0 Å². The molecular weight excluding hydrogens is 385 g/mol. The first kappa shape index (κ1) is 20.9. The lowest BCUT2D eigenvalue weighted by Crippen LogP contribution is -2.21. The van der Waals surface area contributed by atoms with Gasteiger partial charge in [0.25, 0.3) is 5.91 Å². The van der Waals surface area contributed by atoms with Gasteiger partial charge in [-0.2, -0.15) is 5.10 Å². The summed E-state index contributed by atoms with van der Waals surface area (Å²) in [6.07, 6.45) is 0.0636. The third-order valence-corrected chi connectivity index (χ3v) is 4.54. The quantitative estimate of drug-likeness (QED) is 0.508. The number of benzene rings is 2. The lowest BCUT2D eigenvalue weighted by Gasteiger charge is -2.13. The summed E-state index contributed by atoms with van der Waals surface area (Å²) in [5.74, 6) is -0.339. The van der Waals surface area contributed by atoms with Crippen molar-refractivity contribution >= 4 is 46.4 Å². The predicted octanol–water partition coefficient (Wildman–Crippen LogP) is 5.25. The molecule has 0 heterocycles. The van der Waals surface area contributed by atoms with Crippen LogP contribution in [0.1, 0.15) is 49.0 Å². The van der Waals surface area contributed by atoms with Gasteiger partial charge in [-0.1, -0.05) is 55.2 Å². The van der Waals surface area contributed by atoms with Crippen LogP contribution < -0.4 is 10.7 Å². The number of nitrogens with zero attached hydrogens (tertiary/aromatic N) is 1. The number of amides is 2. The van der Waals surface area contributed by atoms with Gasteiger partial charge in [0.1, 0.15) is 0 Å². The maximum atomic E-state index is 12.3. The molecule has 2 amide bonds. The highest BCUT2D eigenvalue weighted by Crippen LogP contribution is 2.24. The fourth-order valence-corrected chi connectivity index (χ4v) is 2.73. The van der Waals surface area contributed by atoms with Crippen molar-refractivity contribution < 1.29 is 9.59 Å². The van der Waals surface area contributed by atoms with Crippen LogP contribution in [0, 0.1) is 0 Å². The van der Waals surface area contributed by atoms with Gasteiger partial charge >= 0.3 is 0 Å². The molecule has 0 atom stereocenters. The Balaban J connectivity index is 1.96. The number of halogens is 2. The van der Waals surface area contributed by atoms with E-state index in [9.17, 15) is 9.59 Å². The molecule has 0 aliphatic rings. The number of hydrogen-bond acceptors (Lipinski definition) is 3. The molecule has 0 radical (unpaired) electrons. The van der Waals surface area contributed by atoms with Gasteiger partial charge < -0.3 is 5.32 Å². The molecule has 2 rings (SSSR count). The zero-order valence-corrected chi connectivity index (χ0v) is 16.9. The normalized spacial score (nSPS) is 11.4. The van der Waals surface area contributed by atoms with E-state index in [1.807, 2.05) is 24.3 Å². The summed E-state index contributed by atoms with van der Waals surface area (Å²) in [7, 11) is 0. The van der Waals surface area contributed by atoms with Crippen LogP contribution in [0.2, 0.25) is 10.0 Å². The van der Waals surface area contributed by atoms with Crippen molar-refractivity contribution in [3.63, 3.8) is 0 Å². The van der Waals surface area contributed by atoms with E-state index in [0.717, 1.165) is 11.3 Å². The molecule has 2 aromatic carbocycles. The minimum Gasteiger partial charge on any atom is -0.325 e. The number of carbonyl (C=O) groups excluding carboxylic acids is 2. The minimum absolute atomic E-state index is 0.0636. The highest BCUT2D eigenvalue weighted by Gasteiger charge is 2.11. The summed E-state index contributed by atoms with van der Waals surface area (Å²) in [4.78, 5) is 24.3. The van der Waals surface area contributed by atoms with Crippen LogP contribution >= 0.6 is 23.2 Å². The molecule has 27 heavy (non-hydrogen) atoms. The summed E-state index contributed by atoms with van der Waals surface area (Å²) in [5.41, 5.74) is 5.06. The van der Waals surface area contributed by atoms with Gasteiger partial charge in [0, 0.05) is 17.0 Å². The van der Waals surface area contributed by atoms with Crippen LogP contribution in [0.15, 0.2) is 47.6 Å². The number of anilines is 1. The predicted molar refractivity (Wildman–Crippen MR) is 111 cm³/mol. The zero-order chi connectivity index (χ0) is 20.0. The van der Waals surface area contributed by atoms with E-state index < -0.39 is 5.91 Å². The fourth-order valence-electron chi connectivity index (χ4n) is 2.43. The largest absolute Gasteiger partial charge is 0.325 e. The van der Waals surface area contributed by atoms with Crippen LogP contribution in [-0.2, 0) is 4.79 Å². The Kier molecular flexibility index (Phi) is 7.39. The minimum atomic E-state index is -0.432. The number of para-hydroxylation sites is 1. The van der Waals surface area contributed by atoms with Gasteiger partial charge in [-0.05, 0) is 42.7 Å². The Bertz CT molecular complexity index is 879. The topological polar surface area (TPSA) is 70.6 Å². The average molecular weight is 406 g/mol. The molecule has 0 bridgehead atoms. The summed E-state index contributed by atoms with van der Waals surface area (Å²) in [6.45, 7) is 5.80. The first-order chi connectivity index (χ1) is 12.8. The number of nitrogens with one attached hydrogen (secondary N) is 2. The van der Waals surface area contributed by atoms with Crippen molar-refractivity contribution in [3.05, 3.63) is 63.6 Å². The first-order valence-corrected chi connectivity index (χ1v) is 9.21. The molecular formula is C20H21Cl2N3O2. The molecule has 2 N–H and O–H groups in total. The van der Waals surface area contributed by atoms with Gasteiger partial charge in [-0.3, -0.25) is 9.59 Å². The molecule has 7 heteroatoms. The molecule has 0 aromatic heterocycles. The Morgan fingerprint density at radius 1 is 1.07 bits per heavy atom. The molecule has 0 spiro atoms. The van der Waals surface area contributed by atoms with Crippen LogP contribution in [0.4, 0.5) is 5.69 Å². The summed E-state index contributed by atoms with van der Waals surface area (Å²) >= 11 is 11.7. The van der Waals surface area contributed by atoms with E-state index in [1.165, 1.54) is 12.1 Å². The fraction of sp³-hybridized carbons (Fsp3) is 0.250. The van der Waals surface area contributed by atoms with Crippen molar-refractivity contribution in [1.29, 1.82) is 0 Å². The van der Waals surface area contributed by atoms with E-state index in [-0.39, 0.29) is 17.4 Å². The molecule has 0 unspecified atom stereocenters. The maximum Gasteiger partial charge on any atom is 0.271 e. The van der Waals surface area contributed by atoms with Crippen molar-refractivity contribution in [2.75, 3.05) is 5.32 Å². The first-order valence-electron chi connectivity index (χ1n) is 8.45. The van der Waals surface area contributed by atoms with Gasteiger partial charge in [-0.15, -0.1) is 0 Å². The van der Waals surface area contributed by atoms with Gasteiger partial charge in [0.05, 0.1) is 16.5 Å². The van der Waals surface area contributed by atoms with Gasteiger partial charge in [0.15, 0.2) is 0 Å². The third kappa shape index (κ3) is 6.08. The lowest BCUT2D eigenvalue weighted by molar-refractivity contribution is -0.115. The molecule has 0 saturated heterocycles. The third-order valence-electron chi connectivity index (χ3n) is 3.80. The van der Waals surface area contributed by atoms with Gasteiger partial charge in [0.2, 0.25) is 5.91 Å². The Morgan fingerprint density at radius 3 is 2.44 bits per heavy atom. The Hall–Kier alpha value is -2.37. The van der Waals surface area contributed by atoms with Crippen molar-refractivity contribution in [2.45, 2.75) is 33.1 Å². The van der Waals surface area contributed by atoms with Crippen molar-refractivity contribution in [1.82, 2.24) is 5.43 Å². The second-order valence-corrected chi connectivity index (χ2v) is 7.20. The monoisotopic (exact) mass is 405 g/mol. The van der Waals surface area contributed by atoms with E-state index >= 15 is 0 Å². The average Bonchev–Trinajstić information content (AvgIpc) is 2.62. The molecule has 0 fully saturated rings. The standard InChI is InChI=1S/C20H21Cl2N3O2/c1-12(2)15-6-4-5-7-18(15)23-19(26)10-13(3)24-25-20(27)14-8-9-16(21)17(22)11-14/h4-9,11-12H,10H2,1-3H3,(H,23,26)(H,25,27). The number of carbonyl (C=O) groups is 2. The van der Waals surface area contributed by atoms with E-state index in [4.69, 9.17) is 23.2 Å². The molecule has 0 aliphatic carbocycles. The SMILES string of the molecule is CC(CC(=O)Nc1ccccc1C(C)C)=NNC(=O)c1ccc(Cl)c(Cl)c1. The smallest absolute Gasteiger partial charge is 0.271 e. The molecule has 0 saturated carbocycles. The van der Waals surface area contributed by atoms with Crippen LogP contribution in [-0.4, -0.2) is 17.5 Å². The van der Waals surface area contributed by atoms with Gasteiger partial charge in [-0.25, -0.2) is 5.43 Å². The number of rotatable bonds is 6. The second-order valence-electron chi connectivity index (χ2n) is 6.38. The van der Waals surface area contributed by atoms with E-state index in [1.54, 1.807) is 13.0 Å². The molecule has 2 aromatic rings. The second kappa shape index (κ2) is 9.53. The molecule has 0 aliphatic heterocycles. The van der Waals surface area contributed by atoms with Crippen molar-refractivity contribution in [3.8, 4) is 0 Å². The zero-order valence-electron chi connectivity index (χ0n) is 15.3. The number of hydrogen-bond donors (Lipinski definition) is 2. The van der Waals surface area contributed by atoms with Crippen molar-refractivity contribution in [2.24, 2.45) is 5.10 Å². The van der Waals surface area contributed by atoms with E-state index in [0.29, 0.717) is 22.2 Å². The lowest BCUT2D eigenvalue weighted by atomic mass is 10.0. The summed E-state index contributed by atoms with van der Waals surface area (Å²) in [6, 6.07) is 12.2. The summed E-state index contributed by atoms with van der Waals surface area (Å²) < 4.78 is 0. The Morgan fingerprint density at radius 2 is 1.78 bits per heavy atom. The highest BCUT2D eigenvalue weighted by molar-refractivity contribution is 6.42. The molecule has 142 valence electrons. The van der Waals surface area contributed by atoms with Crippen LogP contribution in [0.5, 0.6) is 0 Å².